The average molecular weight is 361 g/mol. The molecule has 6 heteroatoms. The highest BCUT2D eigenvalue weighted by Gasteiger charge is 2.18. The lowest BCUT2D eigenvalue weighted by Crippen LogP contribution is -2.29. The Morgan fingerprint density at radius 3 is 2.48 bits per heavy atom. The normalized spacial score (nSPS) is 11.5. The molecule has 25 heavy (non-hydrogen) atoms. The molecule has 5 nitrogen and oxygen atoms in total. The van der Waals surface area contributed by atoms with Crippen molar-refractivity contribution in [3.63, 3.8) is 0 Å². The predicted molar refractivity (Wildman–Crippen MR) is 99.0 cm³/mol. The molecule has 0 unspecified atom stereocenters. The fourth-order valence-corrected chi connectivity index (χ4v) is 2.65. The molecule has 2 N–H and O–H groups in total. The van der Waals surface area contributed by atoms with Gasteiger partial charge >= 0.3 is 0 Å². The van der Waals surface area contributed by atoms with Gasteiger partial charge in [0.2, 0.25) is 11.8 Å². The summed E-state index contributed by atoms with van der Waals surface area (Å²) >= 11 is 6.08. The Labute approximate surface area is 152 Å². The van der Waals surface area contributed by atoms with Crippen molar-refractivity contribution in [2.45, 2.75) is 26.3 Å². The van der Waals surface area contributed by atoms with Crippen molar-refractivity contribution in [3.8, 4) is 5.75 Å². The van der Waals surface area contributed by atoms with Crippen LogP contribution in [0.5, 0.6) is 5.75 Å². The number of carbonyl (C=O) groups is 2. The molecule has 2 amide bonds. The smallest absolute Gasteiger partial charge is 0.226 e. The lowest BCUT2D eigenvalue weighted by molar-refractivity contribution is -0.120. The SMILES string of the molecule is COc1cc(Cl)c(C)cc1NC(=O)C[C@@H](NC(C)=O)c1ccccc1. The first-order valence-corrected chi connectivity index (χ1v) is 8.24. The molecule has 0 aliphatic heterocycles. The highest BCUT2D eigenvalue weighted by molar-refractivity contribution is 6.31. The third-order valence-electron chi connectivity index (χ3n) is 3.72. The standard InChI is InChI=1S/C19H21ClN2O3/c1-12-9-17(18(25-3)10-15(12)20)22-19(24)11-16(21-13(2)23)14-7-5-4-6-8-14/h4-10,16H,11H2,1-3H3,(H,21,23)(H,22,24)/t16-/m1/s1. The van der Waals surface area contributed by atoms with E-state index < -0.39 is 6.04 Å². The van der Waals surface area contributed by atoms with Crippen molar-refractivity contribution in [1.29, 1.82) is 0 Å². The van der Waals surface area contributed by atoms with Crippen molar-refractivity contribution < 1.29 is 14.3 Å². The van der Waals surface area contributed by atoms with E-state index in [-0.39, 0.29) is 18.2 Å². The van der Waals surface area contributed by atoms with Crippen molar-refractivity contribution >= 4 is 29.1 Å². The van der Waals surface area contributed by atoms with Gasteiger partial charge in [-0.25, -0.2) is 0 Å². The Kier molecular flexibility index (Phi) is 6.42. The molecule has 0 spiro atoms. The highest BCUT2D eigenvalue weighted by atomic mass is 35.5. The summed E-state index contributed by atoms with van der Waals surface area (Å²) in [7, 11) is 1.51. The molecule has 0 fully saturated rings. The van der Waals surface area contributed by atoms with E-state index >= 15 is 0 Å². The fourth-order valence-electron chi connectivity index (χ4n) is 2.50. The number of carbonyl (C=O) groups excluding carboxylic acids is 2. The van der Waals surface area contributed by atoms with Gasteiger partial charge in [0.25, 0.3) is 0 Å². The van der Waals surface area contributed by atoms with Gasteiger partial charge in [-0.3, -0.25) is 9.59 Å². The van der Waals surface area contributed by atoms with Crippen molar-refractivity contribution in [2.75, 3.05) is 12.4 Å². The summed E-state index contributed by atoms with van der Waals surface area (Å²) in [5.41, 5.74) is 2.25. The Bertz CT molecular complexity index is 763. The van der Waals surface area contributed by atoms with E-state index in [1.54, 1.807) is 12.1 Å². The molecule has 0 aliphatic rings. The Morgan fingerprint density at radius 1 is 1.20 bits per heavy atom. The zero-order valence-electron chi connectivity index (χ0n) is 14.4. The van der Waals surface area contributed by atoms with Crippen LogP contribution < -0.4 is 15.4 Å². The number of benzene rings is 2. The van der Waals surface area contributed by atoms with Crippen molar-refractivity contribution in [3.05, 3.63) is 58.6 Å². The number of anilines is 1. The Morgan fingerprint density at radius 2 is 1.88 bits per heavy atom. The molecule has 0 aromatic heterocycles. The maximum Gasteiger partial charge on any atom is 0.226 e. The molecule has 0 saturated heterocycles. The van der Waals surface area contributed by atoms with E-state index in [0.29, 0.717) is 16.5 Å². The maximum atomic E-state index is 12.5. The maximum absolute atomic E-state index is 12.5. The zero-order valence-corrected chi connectivity index (χ0v) is 15.2. The summed E-state index contributed by atoms with van der Waals surface area (Å²) in [6.07, 6.45) is 0.106. The van der Waals surface area contributed by atoms with E-state index in [4.69, 9.17) is 16.3 Å². The molecule has 0 saturated carbocycles. The number of ether oxygens (including phenoxy) is 1. The largest absolute Gasteiger partial charge is 0.495 e. The summed E-state index contributed by atoms with van der Waals surface area (Å²) < 4.78 is 5.27. The minimum atomic E-state index is -0.405. The van der Waals surface area contributed by atoms with Crippen molar-refractivity contribution in [2.24, 2.45) is 0 Å². The van der Waals surface area contributed by atoms with Gasteiger partial charge in [-0.1, -0.05) is 41.9 Å². The van der Waals surface area contributed by atoms with E-state index in [1.165, 1.54) is 14.0 Å². The number of rotatable bonds is 6. The molecule has 132 valence electrons. The third-order valence-corrected chi connectivity index (χ3v) is 4.13. The topological polar surface area (TPSA) is 67.4 Å². The van der Waals surface area contributed by atoms with Gasteiger partial charge in [0.05, 0.1) is 25.3 Å². The van der Waals surface area contributed by atoms with E-state index in [1.807, 2.05) is 37.3 Å². The first-order chi connectivity index (χ1) is 11.9. The van der Waals surface area contributed by atoms with Gasteiger partial charge in [-0.2, -0.15) is 0 Å². The molecule has 2 aromatic rings. The molecule has 0 heterocycles. The van der Waals surface area contributed by atoms with Crippen LogP contribution in [0.3, 0.4) is 0 Å². The van der Waals surface area contributed by atoms with Crippen LogP contribution >= 0.6 is 11.6 Å². The number of methoxy groups -OCH3 is 1. The molecular formula is C19H21ClN2O3. The molecule has 1 atom stereocenters. The lowest BCUT2D eigenvalue weighted by atomic mass is 10.0. The first-order valence-electron chi connectivity index (χ1n) is 7.86. The number of hydrogen-bond acceptors (Lipinski definition) is 3. The monoisotopic (exact) mass is 360 g/mol. The minimum absolute atomic E-state index is 0.106. The molecular weight excluding hydrogens is 340 g/mol. The van der Waals surface area contributed by atoms with Crippen LogP contribution in [0, 0.1) is 6.92 Å². The van der Waals surface area contributed by atoms with Crippen LogP contribution in [0.1, 0.15) is 30.5 Å². The van der Waals surface area contributed by atoms with Crippen LogP contribution in [0.15, 0.2) is 42.5 Å². The Balaban J connectivity index is 2.17. The zero-order chi connectivity index (χ0) is 18.4. The number of halogens is 1. The highest BCUT2D eigenvalue weighted by Crippen LogP contribution is 2.31. The van der Waals surface area contributed by atoms with Gasteiger partial charge in [-0.05, 0) is 24.1 Å². The van der Waals surface area contributed by atoms with Crippen LogP contribution in [0.2, 0.25) is 5.02 Å². The summed E-state index contributed by atoms with van der Waals surface area (Å²) in [5, 5.41) is 6.20. The second-order valence-corrected chi connectivity index (χ2v) is 6.12. The number of aryl methyl sites for hydroxylation is 1. The molecule has 0 bridgehead atoms. The van der Waals surface area contributed by atoms with Gasteiger partial charge in [0.15, 0.2) is 0 Å². The molecule has 2 aromatic carbocycles. The summed E-state index contributed by atoms with van der Waals surface area (Å²) in [6, 6.07) is 12.4. The van der Waals surface area contributed by atoms with E-state index in [0.717, 1.165) is 11.1 Å². The average Bonchev–Trinajstić information content (AvgIpc) is 2.57. The van der Waals surface area contributed by atoms with Crippen LogP contribution in [-0.2, 0) is 9.59 Å². The molecule has 2 rings (SSSR count). The van der Waals surface area contributed by atoms with Gasteiger partial charge in [0.1, 0.15) is 5.75 Å². The van der Waals surface area contributed by atoms with Gasteiger partial charge < -0.3 is 15.4 Å². The van der Waals surface area contributed by atoms with Crippen LogP contribution in [0.25, 0.3) is 0 Å². The van der Waals surface area contributed by atoms with Crippen molar-refractivity contribution in [1.82, 2.24) is 5.32 Å². The second kappa shape index (κ2) is 8.53. The summed E-state index contributed by atoms with van der Waals surface area (Å²) in [4.78, 5) is 24.0. The molecule has 0 aliphatic carbocycles. The summed E-state index contributed by atoms with van der Waals surface area (Å²) in [6.45, 7) is 3.28. The van der Waals surface area contributed by atoms with E-state index in [9.17, 15) is 9.59 Å². The second-order valence-electron chi connectivity index (χ2n) is 5.72. The predicted octanol–water partition coefficient (Wildman–Crippen LogP) is 3.86. The minimum Gasteiger partial charge on any atom is -0.495 e. The summed E-state index contributed by atoms with van der Waals surface area (Å²) in [5.74, 6) is 0.0592. The van der Waals surface area contributed by atoms with Gasteiger partial charge in [0, 0.05) is 18.0 Å². The fraction of sp³-hybridized carbons (Fsp3) is 0.263. The van der Waals surface area contributed by atoms with Crippen LogP contribution in [0.4, 0.5) is 5.69 Å². The van der Waals surface area contributed by atoms with Gasteiger partial charge in [-0.15, -0.1) is 0 Å². The number of hydrogen-bond donors (Lipinski definition) is 2. The molecule has 0 radical (unpaired) electrons. The number of nitrogens with one attached hydrogen (secondary N) is 2. The lowest BCUT2D eigenvalue weighted by Gasteiger charge is -2.19. The number of amides is 2. The Hall–Kier alpha value is -2.53. The van der Waals surface area contributed by atoms with E-state index in [2.05, 4.69) is 10.6 Å². The van der Waals surface area contributed by atoms with Crippen LogP contribution in [-0.4, -0.2) is 18.9 Å². The first kappa shape index (κ1) is 18.8. The third kappa shape index (κ3) is 5.22. The quantitative estimate of drug-likeness (QED) is 0.821.